The molecule has 332 valence electrons. The van der Waals surface area contributed by atoms with E-state index < -0.39 is 5.41 Å². The second-order valence-electron chi connectivity index (χ2n) is 18.8. The minimum absolute atomic E-state index is 0.625. The van der Waals surface area contributed by atoms with Crippen LogP contribution in [0.3, 0.4) is 0 Å². The van der Waals surface area contributed by atoms with Crippen molar-refractivity contribution in [3.05, 3.63) is 295 Å². The summed E-state index contributed by atoms with van der Waals surface area (Å²) < 4.78 is 7.24. The zero-order valence-electron chi connectivity index (χ0n) is 38.8. The van der Waals surface area contributed by atoms with Gasteiger partial charge in [-0.25, -0.2) is 0 Å². The van der Waals surface area contributed by atoms with Crippen LogP contribution in [0.1, 0.15) is 22.3 Å². The number of hydrogen-bond acceptors (Lipinski definition) is 2. The van der Waals surface area contributed by atoms with Crippen LogP contribution in [-0.4, -0.2) is 0 Å². The number of anilines is 3. The zero-order chi connectivity index (χ0) is 46.9. The molecule has 0 amide bonds. The Morgan fingerprint density at radius 3 is 1.34 bits per heavy atom. The molecule has 12 aromatic carbocycles. The van der Waals surface area contributed by atoms with E-state index in [1.54, 1.807) is 0 Å². The van der Waals surface area contributed by atoms with E-state index in [2.05, 4.69) is 278 Å². The second kappa shape index (κ2) is 16.5. The van der Waals surface area contributed by atoms with E-state index in [9.17, 15) is 0 Å². The summed E-state index contributed by atoms with van der Waals surface area (Å²) >= 11 is 0. The number of benzene rings is 12. The highest BCUT2D eigenvalue weighted by atomic mass is 16.5. The fourth-order valence-electron chi connectivity index (χ4n) is 11.6. The van der Waals surface area contributed by atoms with Crippen LogP contribution >= 0.6 is 0 Å². The van der Waals surface area contributed by atoms with Gasteiger partial charge in [0.15, 0.2) is 0 Å². The van der Waals surface area contributed by atoms with Crippen molar-refractivity contribution in [2.75, 3.05) is 4.90 Å². The van der Waals surface area contributed by atoms with Gasteiger partial charge >= 0.3 is 0 Å². The minimum atomic E-state index is -0.625. The van der Waals surface area contributed by atoms with Gasteiger partial charge in [-0.05, 0) is 126 Å². The largest absolute Gasteiger partial charge is 0.455 e. The summed E-state index contributed by atoms with van der Waals surface area (Å²) in [7, 11) is 0. The first-order chi connectivity index (χ1) is 35.2. The van der Waals surface area contributed by atoms with Gasteiger partial charge in [0.05, 0.1) is 5.41 Å². The smallest absolute Gasteiger partial charge is 0.140 e. The highest BCUT2D eigenvalue weighted by Gasteiger charge is 2.52. The van der Waals surface area contributed by atoms with E-state index in [-0.39, 0.29) is 0 Å². The van der Waals surface area contributed by atoms with Gasteiger partial charge in [0, 0.05) is 39.0 Å². The maximum atomic E-state index is 7.24. The standard InChI is InChI=1S/C69H45NO/c1-4-17-46(18-5-1)52-25-16-26-57(42-52)70(58-43-54(47-19-6-2-7-20-47)41-55(44-58)48-21-8-3-9-22-48)56-36-31-49(32-37-56)53-33-38-62-61-29-14-15-30-63(61)69(66(62)45-53)64-39-34-50-23-10-12-27-59(50)67(64)71-68-60-28-13-11-24-51(60)35-40-65(68)69/h1-45H. The molecule has 0 atom stereocenters. The third-order valence-electron chi connectivity index (χ3n) is 14.9. The third kappa shape index (κ3) is 6.57. The van der Waals surface area contributed by atoms with Crippen LogP contribution in [0.4, 0.5) is 17.1 Å². The molecule has 14 rings (SSSR count). The Bertz CT molecular complexity index is 3870. The first kappa shape index (κ1) is 40.8. The molecule has 12 aromatic rings. The van der Waals surface area contributed by atoms with Crippen LogP contribution in [0.15, 0.2) is 273 Å². The Kier molecular flexibility index (Phi) is 9.47. The highest BCUT2D eigenvalue weighted by Crippen LogP contribution is 2.64. The van der Waals surface area contributed by atoms with E-state index in [1.165, 1.54) is 50.1 Å². The number of ether oxygens (including phenoxy) is 1. The lowest BCUT2D eigenvalue weighted by molar-refractivity contribution is 0.447. The molecule has 2 nitrogen and oxygen atoms in total. The molecule has 2 heteroatoms. The quantitative estimate of drug-likeness (QED) is 0.158. The van der Waals surface area contributed by atoms with Gasteiger partial charge in [-0.2, -0.15) is 0 Å². The average Bonchev–Trinajstić information content (AvgIpc) is 3.73. The summed E-state index contributed by atoms with van der Waals surface area (Å²) in [4.78, 5) is 2.41. The van der Waals surface area contributed by atoms with E-state index >= 15 is 0 Å². The van der Waals surface area contributed by atoms with Crippen LogP contribution < -0.4 is 9.64 Å². The minimum Gasteiger partial charge on any atom is -0.455 e. The van der Waals surface area contributed by atoms with Crippen molar-refractivity contribution in [3.63, 3.8) is 0 Å². The molecule has 1 aliphatic carbocycles. The molecule has 71 heavy (non-hydrogen) atoms. The molecule has 0 saturated carbocycles. The SMILES string of the molecule is c1ccc(-c2cccc(N(c3ccc(-c4ccc5c(c4)C4(c6ccccc6-5)c5ccc6ccccc6c5Oc5c4ccc4ccccc54)cc3)c3cc(-c4ccccc4)cc(-c4ccccc4)c3)c2)cc1. The van der Waals surface area contributed by atoms with E-state index in [1.807, 2.05) is 0 Å². The molecule has 0 bridgehead atoms. The molecule has 0 radical (unpaired) electrons. The average molecular weight is 904 g/mol. The third-order valence-corrected chi connectivity index (χ3v) is 14.9. The number of hydrogen-bond donors (Lipinski definition) is 0. The van der Waals surface area contributed by atoms with Gasteiger partial charge in [0.1, 0.15) is 11.5 Å². The van der Waals surface area contributed by atoms with E-state index in [0.717, 1.165) is 77.9 Å². The second-order valence-corrected chi connectivity index (χ2v) is 18.8. The maximum absolute atomic E-state index is 7.24. The Balaban J connectivity index is 0.953. The molecular formula is C69H45NO. The molecule has 0 N–H and O–H groups in total. The summed E-state index contributed by atoms with van der Waals surface area (Å²) in [6.07, 6.45) is 0. The van der Waals surface area contributed by atoms with Crippen LogP contribution in [0.2, 0.25) is 0 Å². The number of nitrogens with zero attached hydrogens (tertiary/aromatic N) is 1. The first-order valence-electron chi connectivity index (χ1n) is 24.5. The molecule has 1 aliphatic heterocycles. The molecule has 0 fully saturated rings. The summed E-state index contributed by atoms with van der Waals surface area (Å²) in [6.45, 7) is 0. The van der Waals surface area contributed by atoms with Gasteiger partial charge in [-0.3, -0.25) is 0 Å². The van der Waals surface area contributed by atoms with Crippen molar-refractivity contribution in [3.8, 4) is 67.1 Å². The first-order valence-corrected chi connectivity index (χ1v) is 24.5. The van der Waals surface area contributed by atoms with Gasteiger partial charge in [-0.1, -0.05) is 224 Å². The fourth-order valence-corrected chi connectivity index (χ4v) is 11.6. The van der Waals surface area contributed by atoms with Crippen LogP contribution in [0.25, 0.3) is 77.2 Å². The summed E-state index contributed by atoms with van der Waals surface area (Å²) in [6, 6.07) is 99.7. The monoisotopic (exact) mass is 903 g/mol. The molecule has 0 saturated heterocycles. The predicted molar refractivity (Wildman–Crippen MR) is 295 cm³/mol. The Labute approximate surface area is 414 Å². The molecule has 2 aliphatic rings. The zero-order valence-corrected chi connectivity index (χ0v) is 38.8. The summed E-state index contributed by atoms with van der Waals surface area (Å²) in [5.41, 5.74) is 19.3. The number of fused-ring (bicyclic) bond motifs is 13. The van der Waals surface area contributed by atoms with Crippen LogP contribution in [0.5, 0.6) is 11.5 Å². The van der Waals surface area contributed by atoms with Crippen molar-refractivity contribution in [1.82, 2.24) is 0 Å². The van der Waals surface area contributed by atoms with Crippen molar-refractivity contribution in [2.24, 2.45) is 0 Å². The van der Waals surface area contributed by atoms with Crippen molar-refractivity contribution in [2.45, 2.75) is 5.41 Å². The van der Waals surface area contributed by atoms with Gasteiger partial charge in [0.2, 0.25) is 0 Å². The van der Waals surface area contributed by atoms with Gasteiger partial charge < -0.3 is 9.64 Å². The van der Waals surface area contributed by atoms with Crippen LogP contribution in [-0.2, 0) is 5.41 Å². The lowest BCUT2D eigenvalue weighted by Gasteiger charge is -2.40. The number of rotatable bonds is 7. The molecule has 1 heterocycles. The summed E-state index contributed by atoms with van der Waals surface area (Å²) in [5.74, 6) is 1.85. The molecular weight excluding hydrogens is 859 g/mol. The topological polar surface area (TPSA) is 12.5 Å². The van der Waals surface area contributed by atoms with E-state index in [0.29, 0.717) is 0 Å². The molecule has 0 unspecified atom stereocenters. The highest BCUT2D eigenvalue weighted by molar-refractivity contribution is 6.00. The predicted octanol–water partition coefficient (Wildman–Crippen LogP) is 18.6. The Morgan fingerprint density at radius 1 is 0.254 bits per heavy atom. The normalized spacial score (nSPS) is 12.7. The Hall–Kier alpha value is -9.24. The van der Waals surface area contributed by atoms with Crippen LogP contribution in [0, 0.1) is 0 Å². The molecule has 1 spiro atoms. The van der Waals surface area contributed by atoms with Crippen molar-refractivity contribution >= 4 is 38.6 Å². The fraction of sp³-hybridized carbons (Fsp3) is 0.0145. The molecule has 0 aromatic heterocycles. The van der Waals surface area contributed by atoms with Gasteiger partial charge in [0.25, 0.3) is 0 Å². The van der Waals surface area contributed by atoms with E-state index in [4.69, 9.17) is 4.74 Å². The summed E-state index contributed by atoms with van der Waals surface area (Å²) in [5, 5.41) is 4.55. The maximum Gasteiger partial charge on any atom is 0.140 e. The Morgan fingerprint density at radius 2 is 0.718 bits per heavy atom. The lowest BCUT2D eigenvalue weighted by Crippen LogP contribution is -2.32. The van der Waals surface area contributed by atoms with Crippen molar-refractivity contribution < 1.29 is 4.74 Å². The lowest BCUT2D eigenvalue weighted by atomic mass is 9.65. The van der Waals surface area contributed by atoms with Gasteiger partial charge in [-0.15, -0.1) is 0 Å². The van der Waals surface area contributed by atoms with Crippen molar-refractivity contribution in [1.29, 1.82) is 0 Å².